The molecule has 0 aromatic carbocycles. The van der Waals surface area contributed by atoms with Crippen molar-refractivity contribution < 1.29 is 81.3 Å². The lowest BCUT2D eigenvalue weighted by atomic mass is 9.76. The summed E-state index contributed by atoms with van der Waals surface area (Å²) in [4.78, 5) is 195. The molecule has 0 aliphatic carbocycles. The second-order valence-corrected chi connectivity index (χ2v) is 39.0. The number of allylic oxidation sites excluding steroid dienone is 4. The Balaban J connectivity index is -0.00000184. The fourth-order valence-corrected chi connectivity index (χ4v) is 17.6. The van der Waals surface area contributed by atoms with Crippen LogP contribution in [-0.4, -0.2) is 178 Å². The number of carbonyl (C=O) groups is 14. The minimum Gasteiger partial charge on any atom is -0.381 e. The monoisotopic (exact) mass is 1970 g/mol. The Morgan fingerprint density at radius 2 is 0.453 bits per heavy atom. The summed E-state index contributed by atoms with van der Waals surface area (Å²) in [5.74, 6) is -6.38. The van der Waals surface area contributed by atoms with Crippen LogP contribution in [0.25, 0.3) is 0 Å². The number of rotatable bonds is 72. The first-order valence-electron chi connectivity index (χ1n) is 53.7. The summed E-state index contributed by atoms with van der Waals surface area (Å²) in [6.45, 7) is 77.7. The van der Waals surface area contributed by atoms with Crippen LogP contribution in [0.3, 0.4) is 0 Å². The molecule has 0 radical (unpaired) electrons. The van der Waals surface area contributed by atoms with E-state index < -0.39 is 125 Å². The second kappa shape index (κ2) is 70.0. The van der Waals surface area contributed by atoms with Crippen molar-refractivity contribution in [2.24, 2.45) is 21.7 Å². The second-order valence-electron chi connectivity index (χ2n) is 39.0. The standard InChI is InChI=1S/C90H173N9O12.C8H13NO2.2C5H8O.C4H6O/c1-29-57-58-59-78(66-109-63-60-88(69(100)91-79(30-2,31-3)32-4,70(101)92-80(33-5,34-6)35-7)71(102)93-81(36-8,37-9)38-10,67-110-64-61-89(72(103)94-82(39-11,40-12)41-13,73(104)95-83(42-14,43-15)44-16)74(105)96-84(45-17,46-18)47-19)68-111-65-62-90(75(106)97-85(48-20,49-21)50-22,76(107)98-86(51-23,52-24)53-25)77(108)99-87(54-26,55-27)56-28;1-6(2)8(11)4-5-9-7(3)10;1-4(2)5(3)6;1-3-4-5(2)6;1-3-4(2)5/h29-68H2,1-28H3,(H,91,100)(H,92,101)(H,93,102)(H,94,103)(H,95,104)(H,96,105)(H,97,106)(H,98,107)(H,99,108);1,4-5H2,2-3H3,(H,9,10);1H2,2-3H3;3H,1,4H2,2H3;3H,1H2,2H3. The number of Topliss-reactive ketones (excluding diaryl/α,β-unsaturated/α-hetero) is 3. The van der Waals surface area contributed by atoms with Crippen LogP contribution in [0.4, 0.5) is 0 Å². The summed E-state index contributed by atoms with van der Waals surface area (Å²) in [6.07, 6.45) is 19.5. The summed E-state index contributed by atoms with van der Waals surface area (Å²) >= 11 is 0. The van der Waals surface area contributed by atoms with Gasteiger partial charge in [-0.15, -0.1) is 6.58 Å². The molecule has 0 fully saturated rings. The topological polar surface area (TPSA) is 387 Å². The lowest BCUT2D eigenvalue weighted by Gasteiger charge is -2.42. The lowest BCUT2D eigenvalue weighted by molar-refractivity contribution is -0.159. The molecule has 0 aromatic heterocycles. The summed E-state index contributed by atoms with van der Waals surface area (Å²) < 4.78 is 21.2. The Kier molecular flexibility index (Phi) is 70.4. The molecule has 0 atom stereocenters. The Morgan fingerprint density at radius 1 is 0.273 bits per heavy atom. The highest BCUT2D eigenvalue weighted by Crippen LogP contribution is 2.40. The Morgan fingerprint density at radius 3 is 0.568 bits per heavy atom. The van der Waals surface area contributed by atoms with Gasteiger partial charge in [0.2, 0.25) is 75.3 Å². The first-order chi connectivity index (χ1) is 65.2. The minimum absolute atomic E-state index is 0.00116. The summed E-state index contributed by atoms with van der Waals surface area (Å²) in [7, 11) is 0. The van der Waals surface area contributed by atoms with Gasteiger partial charge in [-0.05, 0) is 232 Å². The number of ketones is 4. The number of carbonyl (C=O) groups excluding carboxylic acids is 14. The van der Waals surface area contributed by atoms with Gasteiger partial charge in [0.25, 0.3) is 0 Å². The normalized spacial score (nSPS) is 12.2. The van der Waals surface area contributed by atoms with Crippen molar-refractivity contribution in [3.63, 3.8) is 0 Å². The van der Waals surface area contributed by atoms with Crippen LogP contribution in [-0.2, 0) is 81.3 Å². The van der Waals surface area contributed by atoms with Crippen LogP contribution in [0.15, 0.2) is 49.6 Å². The van der Waals surface area contributed by atoms with E-state index in [2.05, 4.69) is 86.4 Å². The Labute approximate surface area is 846 Å². The highest BCUT2D eigenvalue weighted by atomic mass is 16.5. The fraction of sp³-hybridized carbons (Fsp3) is 0.804. The Bertz CT molecular complexity index is 3090. The molecule has 0 saturated heterocycles. The van der Waals surface area contributed by atoms with Gasteiger partial charge in [-0.1, -0.05) is 239 Å². The van der Waals surface area contributed by atoms with Crippen molar-refractivity contribution >= 4 is 82.2 Å². The number of unbranched alkanes of at least 4 members (excludes halogenated alkanes) is 2. The molecule has 27 nitrogen and oxygen atoms in total. The average Bonchev–Trinajstić information content (AvgIpc) is 0.768. The summed E-state index contributed by atoms with van der Waals surface area (Å²) in [5, 5.41) is 32.2. The van der Waals surface area contributed by atoms with Crippen molar-refractivity contribution in [1.82, 2.24) is 53.2 Å². The van der Waals surface area contributed by atoms with Gasteiger partial charge in [-0.25, -0.2) is 0 Å². The molecule has 0 unspecified atom stereocenters. The van der Waals surface area contributed by atoms with Gasteiger partial charge in [0.05, 0.1) is 19.8 Å². The predicted molar refractivity (Wildman–Crippen MR) is 571 cm³/mol. The van der Waals surface area contributed by atoms with Crippen molar-refractivity contribution in [3.05, 3.63) is 49.6 Å². The van der Waals surface area contributed by atoms with Gasteiger partial charge in [-0.2, -0.15) is 0 Å². The van der Waals surface area contributed by atoms with Crippen molar-refractivity contribution in [3.8, 4) is 0 Å². The quantitative estimate of drug-likeness (QED) is 0.0117. The molecule has 10 amide bonds. The van der Waals surface area contributed by atoms with Crippen molar-refractivity contribution in [2.75, 3.05) is 46.2 Å². The zero-order valence-electron chi connectivity index (χ0n) is 94.8. The minimum atomic E-state index is -2.37. The third-order valence-corrected chi connectivity index (χ3v) is 32.1. The van der Waals surface area contributed by atoms with E-state index in [0.29, 0.717) is 217 Å². The first-order valence-corrected chi connectivity index (χ1v) is 53.7. The molecular formula is C112H208N10O17. The van der Waals surface area contributed by atoms with Gasteiger partial charge in [0.1, 0.15) is 5.78 Å². The molecule has 0 saturated carbocycles. The maximum atomic E-state index is 16.0. The van der Waals surface area contributed by atoms with Crippen molar-refractivity contribution in [2.45, 2.75) is 516 Å². The van der Waals surface area contributed by atoms with Gasteiger partial charge in [-0.3, -0.25) is 67.1 Å². The molecule has 10 N–H and O–H groups in total. The molecule has 808 valence electrons. The number of nitrogens with one attached hydrogen (secondary N) is 10. The number of hydrogen-bond acceptors (Lipinski definition) is 17. The van der Waals surface area contributed by atoms with Gasteiger partial charge in [0, 0.05) is 121 Å². The first kappa shape index (κ1) is 140. The van der Waals surface area contributed by atoms with Crippen LogP contribution in [0.2, 0.25) is 0 Å². The highest BCUT2D eigenvalue weighted by Gasteiger charge is 2.60. The van der Waals surface area contributed by atoms with E-state index in [9.17, 15) is 24.0 Å². The molecular weight excluding hydrogens is 1760 g/mol. The van der Waals surface area contributed by atoms with Crippen LogP contribution in [0, 0.1) is 21.7 Å². The average molecular weight is 1970 g/mol. The SMILES string of the molecule is C=C(C)C(=O)CCNC(C)=O.C=C(C)C(C)=O.C=CC(C)=O.C=CCC(C)=O.CCCCCC(COCCC(C(=O)NC(CC)(CC)CC)(C(=O)NC(CC)(CC)CC)C(=O)NC(CC)(CC)CC)(COCCC(C(=O)NC(CC)(CC)CC)(C(=O)NC(CC)(CC)CC)C(=O)NC(CC)(CC)CC)COCCC(C(=O)NC(CC)(CC)CC)(C(=O)NC(CC)(CC)CC)C(=O)NC(CC)(CC)CC. The lowest BCUT2D eigenvalue weighted by Crippen LogP contribution is -2.67. The molecule has 0 aliphatic heterocycles. The molecule has 0 bridgehead atoms. The Hall–Kier alpha value is -7.78. The summed E-state index contributed by atoms with van der Waals surface area (Å²) in [5.41, 5.74) is -14.0. The van der Waals surface area contributed by atoms with Crippen LogP contribution >= 0.6 is 0 Å². The maximum absolute atomic E-state index is 16.0. The summed E-state index contributed by atoms with van der Waals surface area (Å²) in [6, 6.07) is 0. The third-order valence-electron chi connectivity index (χ3n) is 32.1. The van der Waals surface area contributed by atoms with E-state index in [1.807, 2.05) is 187 Å². The van der Waals surface area contributed by atoms with Crippen molar-refractivity contribution in [1.29, 1.82) is 0 Å². The molecule has 0 spiro atoms. The fourth-order valence-electron chi connectivity index (χ4n) is 17.6. The van der Waals surface area contributed by atoms with E-state index in [0.717, 1.165) is 12.8 Å². The largest absolute Gasteiger partial charge is 0.381 e. The van der Waals surface area contributed by atoms with Crippen LogP contribution in [0.5, 0.6) is 0 Å². The molecule has 0 rings (SSSR count). The highest BCUT2D eigenvalue weighted by molar-refractivity contribution is 6.25. The van der Waals surface area contributed by atoms with Gasteiger partial charge < -0.3 is 67.4 Å². The van der Waals surface area contributed by atoms with Gasteiger partial charge in [0.15, 0.2) is 17.3 Å². The predicted octanol–water partition coefficient (Wildman–Crippen LogP) is 21.2. The van der Waals surface area contributed by atoms with E-state index in [1.165, 1.54) is 26.8 Å². The van der Waals surface area contributed by atoms with Crippen LogP contribution < -0.4 is 53.2 Å². The maximum Gasteiger partial charge on any atom is 0.245 e. The van der Waals surface area contributed by atoms with Gasteiger partial charge >= 0.3 is 0 Å². The van der Waals surface area contributed by atoms with E-state index in [4.69, 9.17) is 14.2 Å². The molecule has 27 heteroatoms. The van der Waals surface area contributed by atoms with Crippen LogP contribution in [0.1, 0.15) is 467 Å². The number of hydrogen-bond donors (Lipinski definition) is 10. The molecule has 0 aromatic rings. The van der Waals surface area contributed by atoms with E-state index in [1.54, 1.807) is 26.8 Å². The smallest absolute Gasteiger partial charge is 0.245 e. The molecule has 139 heavy (non-hydrogen) atoms. The van der Waals surface area contributed by atoms with E-state index in [-0.39, 0.29) is 87.9 Å². The number of ether oxygens (including phenoxy) is 3. The zero-order chi connectivity index (χ0) is 109. The molecule has 0 aliphatic rings. The zero-order valence-corrected chi connectivity index (χ0v) is 94.8. The molecule has 0 heterocycles. The van der Waals surface area contributed by atoms with E-state index >= 15 is 43.2 Å². The number of amides is 10. The third kappa shape index (κ3) is 42.6.